The molecule has 2 aromatic heterocycles. The van der Waals surface area contributed by atoms with Crippen LogP contribution in [0.1, 0.15) is 30.6 Å². The third-order valence-corrected chi connectivity index (χ3v) is 2.39. The normalized spacial score (nSPS) is 10.6. The van der Waals surface area contributed by atoms with Crippen LogP contribution in [0.2, 0.25) is 0 Å². The van der Waals surface area contributed by atoms with E-state index in [9.17, 15) is 0 Å². The summed E-state index contributed by atoms with van der Waals surface area (Å²) in [4.78, 5) is 8.56. The third-order valence-electron chi connectivity index (χ3n) is 2.39. The van der Waals surface area contributed by atoms with Crippen LogP contribution in [0.3, 0.4) is 0 Å². The van der Waals surface area contributed by atoms with Crippen molar-refractivity contribution in [3.63, 3.8) is 0 Å². The minimum Gasteiger partial charge on any atom is -0.384 e. The predicted molar refractivity (Wildman–Crippen MR) is 69.0 cm³/mol. The fraction of sp³-hybridized carbons (Fsp3) is 0.417. The van der Waals surface area contributed by atoms with E-state index in [1.165, 1.54) is 0 Å². The van der Waals surface area contributed by atoms with Crippen LogP contribution in [0.5, 0.6) is 0 Å². The Morgan fingerprint density at radius 3 is 2.83 bits per heavy atom. The maximum atomic E-state index is 5.74. The molecule has 0 unspecified atom stereocenters. The highest BCUT2D eigenvalue weighted by molar-refractivity contribution is 5.44. The number of rotatable bonds is 5. The average molecular weight is 247 g/mol. The van der Waals surface area contributed by atoms with Crippen molar-refractivity contribution in [1.82, 2.24) is 15.1 Å². The Balaban J connectivity index is 2.04. The zero-order valence-electron chi connectivity index (χ0n) is 10.6. The largest absolute Gasteiger partial charge is 0.384 e. The van der Waals surface area contributed by atoms with Crippen LogP contribution in [0.4, 0.5) is 11.6 Å². The van der Waals surface area contributed by atoms with Gasteiger partial charge >= 0.3 is 0 Å². The molecule has 0 atom stereocenters. The van der Waals surface area contributed by atoms with Crippen molar-refractivity contribution < 1.29 is 4.52 Å². The molecule has 2 aromatic rings. The highest BCUT2D eigenvalue weighted by atomic mass is 16.5. The van der Waals surface area contributed by atoms with Crippen molar-refractivity contribution in [2.75, 3.05) is 11.1 Å². The Morgan fingerprint density at radius 1 is 1.33 bits per heavy atom. The first-order valence-corrected chi connectivity index (χ1v) is 5.97. The van der Waals surface area contributed by atoms with Crippen LogP contribution < -0.4 is 11.1 Å². The van der Waals surface area contributed by atoms with Crippen molar-refractivity contribution in [3.8, 4) is 0 Å². The average Bonchev–Trinajstić information content (AvgIpc) is 2.72. The lowest BCUT2D eigenvalue weighted by molar-refractivity contribution is 0.391. The van der Waals surface area contributed by atoms with Crippen LogP contribution in [0.25, 0.3) is 0 Å². The summed E-state index contributed by atoms with van der Waals surface area (Å²) in [5.74, 6) is 2.75. The van der Waals surface area contributed by atoms with E-state index in [-0.39, 0.29) is 0 Å². The molecular formula is C12H17N5O. The monoisotopic (exact) mass is 247 g/mol. The molecule has 3 N–H and O–H groups in total. The zero-order chi connectivity index (χ0) is 13.0. The SMILES string of the molecule is CCCc1nc(N)cc(NCc2cc(C)on2)n1. The summed E-state index contributed by atoms with van der Waals surface area (Å²) < 4.78 is 4.99. The Hall–Kier alpha value is -2.11. The summed E-state index contributed by atoms with van der Waals surface area (Å²) in [5, 5.41) is 7.06. The molecule has 2 heterocycles. The van der Waals surface area contributed by atoms with Gasteiger partial charge in [-0.15, -0.1) is 0 Å². The molecule has 0 radical (unpaired) electrons. The van der Waals surface area contributed by atoms with Gasteiger partial charge in [0.1, 0.15) is 28.9 Å². The number of nitrogens with one attached hydrogen (secondary N) is 1. The van der Waals surface area contributed by atoms with E-state index in [1.54, 1.807) is 6.07 Å². The number of hydrogen-bond donors (Lipinski definition) is 2. The smallest absolute Gasteiger partial charge is 0.133 e. The fourth-order valence-corrected chi connectivity index (χ4v) is 1.63. The topological polar surface area (TPSA) is 89.9 Å². The molecule has 0 aliphatic carbocycles. The van der Waals surface area contributed by atoms with Crippen LogP contribution in [-0.4, -0.2) is 15.1 Å². The van der Waals surface area contributed by atoms with Gasteiger partial charge in [-0.2, -0.15) is 0 Å². The van der Waals surface area contributed by atoms with Crippen molar-refractivity contribution in [2.45, 2.75) is 33.2 Å². The van der Waals surface area contributed by atoms with Crippen LogP contribution in [0, 0.1) is 6.92 Å². The fourth-order valence-electron chi connectivity index (χ4n) is 1.63. The molecular weight excluding hydrogens is 230 g/mol. The lowest BCUT2D eigenvalue weighted by Gasteiger charge is -2.06. The van der Waals surface area contributed by atoms with Crippen molar-refractivity contribution in [3.05, 3.63) is 29.4 Å². The van der Waals surface area contributed by atoms with Crippen LogP contribution in [0.15, 0.2) is 16.7 Å². The molecule has 96 valence electrons. The number of nitrogens with two attached hydrogens (primary N) is 1. The van der Waals surface area contributed by atoms with Gasteiger partial charge in [-0.1, -0.05) is 12.1 Å². The minimum atomic E-state index is 0.479. The predicted octanol–water partition coefficient (Wildman–Crippen LogP) is 1.92. The standard InChI is InChI=1S/C12H17N5O/c1-3-4-11-15-10(13)6-12(16-11)14-7-9-5-8(2)18-17-9/h5-6H,3-4,7H2,1-2H3,(H3,13,14,15,16). The summed E-state index contributed by atoms with van der Waals surface area (Å²) in [6.07, 6.45) is 1.81. The third kappa shape index (κ3) is 3.19. The molecule has 0 fully saturated rings. The number of anilines is 2. The maximum Gasteiger partial charge on any atom is 0.133 e. The van der Waals surface area contributed by atoms with E-state index >= 15 is 0 Å². The van der Waals surface area contributed by atoms with Gasteiger partial charge in [0.15, 0.2) is 0 Å². The van der Waals surface area contributed by atoms with Gasteiger partial charge in [0.2, 0.25) is 0 Å². The van der Waals surface area contributed by atoms with Gasteiger partial charge in [-0.3, -0.25) is 0 Å². The first-order valence-electron chi connectivity index (χ1n) is 5.97. The minimum absolute atomic E-state index is 0.479. The Kier molecular flexibility index (Phi) is 3.76. The Bertz CT molecular complexity index is 523. The second-order valence-electron chi connectivity index (χ2n) is 4.13. The van der Waals surface area contributed by atoms with Gasteiger partial charge in [0.25, 0.3) is 0 Å². The van der Waals surface area contributed by atoms with Crippen molar-refractivity contribution in [1.29, 1.82) is 0 Å². The number of aryl methyl sites for hydroxylation is 2. The first kappa shape index (κ1) is 12.3. The summed E-state index contributed by atoms with van der Waals surface area (Å²) in [6.45, 7) is 4.50. The van der Waals surface area contributed by atoms with E-state index in [0.29, 0.717) is 18.2 Å². The first-order chi connectivity index (χ1) is 8.67. The molecule has 0 amide bonds. The molecule has 0 aliphatic heterocycles. The van der Waals surface area contributed by atoms with Gasteiger partial charge in [0, 0.05) is 18.6 Å². The van der Waals surface area contributed by atoms with Gasteiger partial charge in [-0.05, 0) is 13.3 Å². The van der Waals surface area contributed by atoms with E-state index in [4.69, 9.17) is 10.3 Å². The number of nitrogen functional groups attached to an aromatic ring is 1. The van der Waals surface area contributed by atoms with Gasteiger partial charge in [-0.25, -0.2) is 9.97 Å². The lowest BCUT2D eigenvalue weighted by atomic mass is 10.3. The van der Waals surface area contributed by atoms with Crippen molar-refractivity contribution in [2.24, 2.45) is 0 Å². The summed E-state index contributed by atoms with van der Waals surface area (Å²) in [7, 11) is 0. The van der Waals surface area contributed by atoms with Crippen LogP contribution in [-0.2, 0) is 13.0 Å². The van der Waals surface area contributed by atoms with Crippen LogP contribution >= 0.6 is 0 Å². The zero-order valence-corrected chi connectivity index (χ0v) is 10.6. The molecule has 6 nitrogen and oxygen atoms in total. The molecule has 0 aromatic carbocycles. The van der Waals surface area contributed by atoms with E-state index in [0.717, 1.165) is 30.1 Å². The molecule has 6 heteroatoms. The van der Waals surface area contributed by atoms with Gasteiger partial charge < -0.3 is 15.6 Å². The molecule has 0 saturated heterocycles. The molecule has 0 spiro atoms. The lowest BCUT2D eigenvalue weighted by Crippen LogP contribution is -2.06. The van der Waals surface area contributed by atoms with Crippen molar-refractivity contribution >= 4 is 11.6 Å². The molecule has 18 heavy (non-hydrogen) atoms. The molecule has 0 aliphatic rings. The Labute approximate surface area is 106 Å². The number of hydrogen-bond acceptors (Lipinski definition) is 6. The van der Waals surface area contributed by atoms with E-state index in [1.807, 2.05) is 13.0 Å². The number of nitrogens with zero attached hydrogens (tertiary/aromatic N) is 3. The summed E-state index contributed by atoms with van der Waals surface area (Å²) in [6, 6.07) is 3.59. The number of aromatic nitrogens is 3. The molecule has 0 saturated carbocycles. The molecule has 2 rings (SSSR count). The second kappa shape index (κ2) is 5.48. The molecule has 0 bridgehead atoms. The van der Waals surface area contributed by atoms with E-state index in [2.05, 4.69) is 27.4 Å². The quantitative estimate of drug-likeness (QED) is 0.839. The maximum absolute atomic E-state index is 5.74. The second-order valence-corrected chi connectivity index (χ2v) is 4.13. The summed E-state index contributed by atoms with van der Waals surface area (Å²) >= 11 is 0. The van der Waals surface area contributed by atoms with Gasteiger partial charge in [0.05, 0.1) is 6.54 Å². The highest BCUT2D eigenvalue weighted by Crippen LogP contribution is 2.11. The highest BCUT2D eigenvalue weighted by Gasteiger charge is 2.04. The Morgan fingerprint density at radius 2 is 2.17 bits per heavy atom. The van der Waals surface area contributed by atoms with E-state index < -0.39 is 0 Å². The summed E-state index contributed by atoms with van der Waals surface area (Å²) in [5.41, 5.74) is 6.57.